The number of nitrogens with zero attached hydrogens (tertiary/aromatic N) is 4. The van der Waals surface area contributed by atoms with Crippen molar-refractivity contribution < 1.29 is 0 Å². The molecule has 1 N–H and O–H groups in total. The first-order valence-electron chi connectivity index (χ1n) is 10.1. The maximum absolute atomic E-state index is 4.83. The predicted octanol–water partition coefficient (Wildman–Crippen LogP) is 3.19. The Morgan fingerprint density at radius 1 is 1.11 bits per heavy atom. The van der Waals surface area contributed by atoms with Crippen molar-refractivity contribution in [1.82, 2.24) is 20.1 Å². The predicted molar refractivity (Wildman–Crippen MR) is 117 cm³/mol. The fourth-order valence-electron chi connectivity index (χ4n) is 3.30. The standard InChI is InChI=1S/C23H31N5/c1-3-24-23(26-19-22-20(2)9-7-13-25-22)28-17-15-27(16-18-28)14-8-12-21-10-5-4-6-11-21/h4-13H,3,14-19H2,1-2H3,(H,24,26)/b12-8+. The summed E-state index contributed by atoms with van der Waals surface area (Å²) in [4.78, 5) is 14.1. The highest BCUT2D eigenvalue weighted by atomic mass is 15.3. The summed E-state index contributed by atoms with van der Waals surface area (Å²) in [6, 6.07) is 14.5. The van der Waals surface area contributed by atoms with Crippen LogP contribution in [0.15, 0.2) is 59.7 Å². The van der Waals surface area contributed by atoms with Crippen LogP contribution in [-0.4, -0.2) is 60.0 Å². The quantitative estimate of drug-likeness (QED) is 0.620. The molecule has 0 atom stereocenters. The number of nitrogens with one attached hydrogen (secondary N) is 1. The molecule has 0 aliphatic carbocycles. The molecule has 3 rings (SSSR count). The largest absolute Gasteiger partial charge is 0.357 e. The number of guanidine groups is 1. The summed E-state index contributed by atoms with van der Waals surface area (Å²) in [5.74, 6) is 0.993. The van der Waals surface area contributed by atoms with E-state index in [-0.39, 0.29) is 0 Å². The Kier molecular flexibility index (Phi) is 7.62. The third kappa shape index (κ3) is 5.92. The molecule has 28 heavy (non-hydrogen) atoms. The number of pyridine rings is 1. The van der Waals surface area contributed by atoms with Crippen LogP contribution in [0.25, 0.3) is 6.08 Å². The van der Waals surface area contributed by atoms with Gasteiger partial charge in [0.15, 0.2) is 5.96 Å². The number of benzene rings is 1. The van der Waals surface area contributed by atoms with Gasteiger partial charge in [0, 0.05) is 45.5 Å². The van der Waals surface area contributed by atoms with Gasteiger partial charge in [-0.2, -0.15) is 0 Å². The SMILES string of the molecule is CCNC(=NCc1ncccc1C)N1CCN(C/C=C/c2ccccc2)CC1. The van der Waals surface area contributed by atoms with Crippen LogP contribution >= 0.6 is 0 Å². The van der Waals surface area contributed by atoms with Crippen molar-refractivity contribution >= 4 is 12.0 Å². The Labute approximate surface area is 168 Å². The van der Waals surface area contributed by atoms with Crippen molar-refractivity contribution in [3.63, 3.8) is 0 Å². The van der Waals surface area contributed by atoms with Gasteiger partial charge in [0.1, 0.15) is 0 Å². The minimum atomic E-state index is 0.620. The van der Waals surface area contributed by atoms with E-state index in [2.05, 4.69) is 82.5 Å². The van der Waals surface area contributed by atoms with E-state index >= 15 is 0 Å². The number of hydrogen-bond acceptors (Lipinski definition) is 3. The van der Waals surface area contributed by atoms with Gasteiger partial charge in [-0.15, -0.1) is 0 Å². The van der Waals surface area contributed by atoms with Crippen LogP contribution in [0.1, 0.15) is 23.7 Å². The van der Waals surface area contributed by atoms with Crippen LogP contribution in [0.3, 0.4) is 0 Å². The molecule has 1 aromatic heterocycles. The van der Waals surface area contributed by atoms with Crippen molar-refractivity contribution in [3.8, 4) is 0 Å². The van der Waals surface area contributed by atoms with Gasteiger partial charge in [0.2, 0.25) is 0 Å². The molecule has 1 aliphatic rings. The molecule has 1 aromatic carbocycles. The van der Waals surface area contributed by atoms with Crippen molar-refractivity contribution in [1.29, 1.82) is 0 Å². The second-order valence-electron chi connectivity index (χ2n) is 7.04. The van der Waals surface area contributed by atoms with Gasteiger partial charge in [-0.05, 0) is 31.0 Å². The molecule has 1 saturated heterocycles. The average molecular weight is 378 g/mol. The molecule has 0 amide bonds. The van der Waals surface area contributed by atoms with Gasteiger partial charge in [-0.25, -0.2) is 4.99 Å². The summed E-state index contributed by atoms with van der Waals surface area (Å²) in [6.45, 7) is 10.8. The Morgan fingerprint density at radius 2 is 1.89 bits per heavy atom. The summed E-state index contributed by atoms with van der Waals surface area (Å²) >= 11 is 0. The number of aromatic nitrogens is 1. The monoisotopic (exact) mass is 377 g/mol. The maximum atomic E-state index is 4.83. The zero-order valence-corrected chi connectivity index (χ0v) is 17.0. The molecule has 2 heterocycles. The van der Waals surface area contributed by atoms with Crippen LogP contribution in [0.2, 0.25) is 0 Å². The average Bonchev–Trinajstić information content (AvgIpc) is 2.73. The zero-order chi connectivity index (χ0) is 19.6. The third-order valence-electron chi connectivity index (χ3n) is 4.98. The smallest absolute Gasteiger partial charge is 0.194 e. The minimum Gasteiger partial charge on any atom is -0.357 e. The van der Waals surface area contributed by atoms with Crippen molar-refractivity contribution in [2.24, 2.45) is 4.99 Å². The molecule has 0 radical (unpaired) electrons. The molecule has 1 fully saturated rings. The van der Waals surface area contributed by atoms with Gasteiger partial charge in [0.25, 0.3) is 0 Å². The summed E-state index contributed by atoms with van der Waals surface area (Å²) < 4.78 is 0. The maximum Gasteiger partial charge on any atom is 0.194 e. The molecular weight excluding hydrogens is 346 g/mol. The molecule has 5 nitrogen and oxygen atoms in total. The molecule has 0 bridgehead atoms. The fourth-order valence-corrected chi connectivity index (χ4v) is 3.30. The molecule has 0 saturated carbocycles. The van der Waals surface area contributed by atoms with E-state index in [0.29, 0.717) is 6.54 Å². The Balaban J connectivity index is 1.51. The second-order valence-corrected chi connectivity index (χ2v) is 7.04. The normalized spacial score (nSPS) is 15.9. The number of aliphatic imine (C=N–C) groups is 1. The number of aryl methyl sites for hydroxylation is 1. The molecular formula is C23H31N5. The molecule has 0 spiro atoms. The lowest BCUT2D eigenvalue weighted by Crippen LogP contribution is -2.52. The second kappa shape index (κ2) is 10.6. The minimum absolute atomic E-state index is 0.620. The summed E-state index contributed by atoms with van der Waals surface area (Å²) in [5.41, 5.74) is 3.49. The van der Waals surface area contributed by atoms with Gasteiger partial charge < -0.3 is 10.2 Å². The van der Waals surface area contributed by atoms with Crippen LogP contribution in [0.5, 0.6) is 0 Å². The highest BCUT2D eigenvalue weighted by Crippen LogP contribution is 2.08. The van der Waals surface area contributed by atoms with Crippen LogP contribution < -0.4 is 5.32 Å². The van der Waals surface area contributed by atoms with E-state index in [4.69, 9.17) is 4.99 Å². The topological polar surface area (TPSA) is 43.8 Å². The molecule has 1 aliphatic heterocycles. The van der Waals surface area contributed by atoms with Gasteiger partial charge >= 0.3 is 0 Å². The van der Waals surface area contributed by atoms with Crippen molar-refractivity contribution in [2.75, 3.05) is 39.3 Å². The summed E-state index contributed by atoms with van der Waals surface area (Å²) in [5, 5.41) is 3.44. The molecule has 5 heteroatoms. The van der Waals surface area contributed by atoms with E-state index in [9.17, 15) is 0 Å². The molecule has 2 aromatic rings. The van der Waals surface area contributed by atoms with Crippen molar-refractivity contribution in [3.05, 3.63) is 71.6 Å². The summed E-state index contributed by atoms with van der Waals surface area (Å²) in [6.07, 6.45) is 6.30. The van der Waals surface area contributed by atoms with E-state index < -0.39 is 0 Å². The Bertz CT molecular complexity index is 777. The lowest BCUT2D eigenvalue weighted by molar-refractivity contribution is 0.194. The molecule has 0 unspecified atom stereocenters. The van der Waals surface area contributed by atoms with Gasteiger partial charge in [-0.1, -0.05) is 48.6 Å². The zero-order valence-electron chi connectivity index (χ0n) is 17.0. The summed E-state index contributed by atoms with van der Waals surface area (Å²) in [7, 11) is 0. The van der Waals surface area contributed by atoms with Crippen LogP contribution in [-0.2, 0) is 6.54 Å². The van der Waals surface area contributed by atoms with Crippen molar-refractivity contribution in [2.45, 2.75) is 20.4 Å². The van der Waals surface area contributed by atoms with E-state index in [1.54, 1.807) is 0 Å². The first-order valence-corrected chi connectivity index (χ1v) is 10.1. The third-order valence-corrected chi connectivity index (χ3v) is 4.98. The lowest BCUT2D eigenvalue weighted by Gasteiger charge is -2.36. The van der Waals surface area contributed by atoms with E-state index in [0.717, 1.165) is 50.9 Å². The van der Waals surface area contributed by atoms with Crippen LogP contribution in [0.4, 0.5) is 0 Å². The molecule has 148 valence electrons. The van der Waals surface area contributed by atoms with E-state index in [1.807, 2.05) is 12.3 Å². The number of piperazine rings is 1. The fraction of sp³-hybridized carbons (Fsp3) is 0.391. The van der Waals surface area contributed by atoms with Gasteiger partial charge in [0.05, 0.1) is 12.2 Å². The van der Waals surface area contributed by atoms with Gasteiger partial charge in [-0.3, -0.25) is 9.88 Å². The first-order chi connectivity index (χ1) is 13.8. The highest BCUT2D eigenvalue weighted by molar-refractivity contribution is 5.80. The van der Waals surface area contributed by atoms with Crippen LogP contribution in [0, 0.1) is 6.92 Å². The Morgan fingerprint density at radius 3 is 2.61 bits per heavy atom. The number of hydrogen-bond donors (Lipinski definition) is 1. The first kappa shape index (κ1) is 20.1. The number of rotatable bonds is 6. The highest BCUT2D eigenvalue weighted by Gasteiger charge is 2.18. The Hall–Kier alpha value is -2.66. The van der Waals surface area contributed by atoms with E-state index in [1.165, 1.54) is 11.1 Å². The lowest BCUT2D eigenvalue weighted by atomic mass is 10.2.